The third-order valence-electron chi connectivity index (χ3n) is 2.55. The number of nitrogens with zero attached hydrogens (tertiary/aromatic N) is 1. The molecule has 0 aliphatic heterocycles. The fourth-order valence-corrected chi connectivity index (χ4v) is 1.58. The molecular formula is C14H24N2O. The highest BCUT2D eigenvalue weighted by molar-refractivity contribution is 5.20. The molecular weight excluding hydrogens is 212 g/mol. The molecule has 1 heterocycles. The number of aromatic nitrogens is 1. The second-order valence-corrected chi connectivity index (χ2v) is 4.23. The first kappa shape index (κ1) is 14.0. The Morgan fingerprint density at radius 2 is 2.12 bits per heavy atom. The number of hydrogen-bond donors (Lipinski definition) is 1. The van der Waals surface area contributed by atoms with E-state index in [0.717, 1.165) is 38.4 Å². The Hall–Kier alpha value is -1.09. The van der Waals surface area contributed by atoms with E-state index < -0.39 is 0 Å². The number of nitrogens with one attached hydrogen (secondary N) is 1. The van der Waals surface area contributed by atoms with E-state index in [4.69, 9.17) is 4.74 Å². The molecule has 0 bridgehead atoms. The van der Waals surface area contributed by atoms with Crippen LogP contribution >= 0.6 is 0 Å². The van der Waals surface area contributed by atoms with Crippen LogP contribution in [-0.4, -0.2) is 18.1 Å². The SMILES string of the molecule is CCCCCOc1cc(CNCCC)ccn1. The van der Waals surface area contributed by atoms with Crippen LogP contribution in [0.2, 0.25) is 0 Å². The number of unbranched alkanes of at least 4 members (excludes halogenated alkanes) is 2. The minimum absolute atomic E-state index is 0.747. The normalized spacial score (nSPS) is 10.5. The Morgan fingerprint density at radius 3 is 2.88 bits per heavy atom. The summed E-state index contributed by atoms with van der Waals surface area (Å²) in [6, 6.07) is 4.05. The maximum Gasteiger partial charge on any atom is 0.213 e. The quantitative estimate of drug-likeness (QED) is 0.669. The first-order chi connectivity index (χ1) is 8.36. The summed E-state index contributed by atoms with van der Waals surface area (Å²) in [5.74, 6) is 0.747. The second kappa shape index (κ2) is 8.99. The second-order valence-electron chi connectivity index (χ2n) is 4.23. The molecule has 1 N–H and O–H groups in total. The summed E-state index contributed by atoms with van der Waals surface area (Å²) >= 11 is 0. The van der Waals surface area contributed by atoms with Crippen LogP contribution in [0.4, 0.5) is 0 Å². The molecule has 0 aliphatic carbocycles. The van der Waals surface area contributed by atoms with Gasteiger partial charge >= 0.3 is 0 Å². The van der Waals surface area contributed by atoms with Gasteiger partial charge in [-0.05, 0) is 31.0 Å². The van der Waals surface area contributed by atoms with Crippen molar-refractivity contribution in [2.24, 2.45) is 0 Å². The van der Waals surface area contributed by atoms with Crippen LogP contribution in [0, 0.1) is 0 Å². The summed E-state index contributed by atoms with van der Waals surface area (Å²) in [4.78, 5) is 4.22. The zero-order valence-corrected chi connectivity index (χ0v) is 11.0. The smallest absolute Gasteiger partial charge is 0.213 e. The van der Waals surface area contributed by atoms with Crippen LogP contribution in [0.5, 0.6) is 5.88 Å². The topological polar surface area (TPSA) is 34.1 Å². The zero-order chi connectivity index (χ0) is 12.3. The Bertz CT molecular complexity index is 302. The molecule has 1 rings (SSSR count). The number of ether oxygens (including phenoxy) is 1. The van der Waals surface area contributed by atoms with Crippen LogP contribution in [0.1, 0.15) is 45.1 Å². The molecule has 0 amide bonds. The first-order valence-electron chi connectivity index (χ1n) is 6.65. The van der Waals surface area contributed by atoms with Crippen molar-refractivity contribution in [1.29, 1.82) is 0 Å². The third-order valence-corrected chi connectivity index (χ3v) is 2.55. The van der Waals surface area contributed by atoms with Crippen molar-refractivity contribution < 1.29 is 4.74 Å². The summed E-state index contributed by atoms with van der Waals surface area (Å²) in [6.45, 7) is 7.07. The summed E-state index contributed by atoms with van der Waals surface area (Å²) in [6.07, 6.45) is 6.52. The highest BCUT2D eigenvalue weighted by atomic mass is 16.5. The van der Waals surface area contributed by atoms with Gasteiger partial charge in [-0.3, -0.25) is 0 Å². The van der Waals surface area contributed by atoms with Gasteiger partial charge in [0.25, 0.3) is 0 Å². The first-order valence-corrected chi connectivity index (χ1v) is 6.65. The molecule has 1 aromatic rings. The number of rotatable bonds is 9. The van der Waals surface area contributed by atoms with Gasteiger partial charge in [-0.15, -0.1) is 0 Å². The molecule has 0 saturated heterocycles. The maximum absolute atomic E-state index is 5.62. The molecule has 96 valence electrons. The van der Waals surface area contributed by atoms with Crippen LogP contribution in [0.25, 0.3) is 0 Å². The molecule has 0 unspecified atom stereocenters. The Labute approximate surface area is 105 Å². The third kappa shape index (κ3) is 6.27. The average Bonchev–Trinajstić information content (AvgIpc) is 2.36. The fourth-order valence-electron chi connectivity index (χ4n) is 1.58. The minimum Gasteiger partial charge on any atom is -0.478 e. The average molecular weight is 236 g/mol. The van der Waals surface area contributed by atoms with Crippen LogP contribution in [-0.2, 0) is 6.54 Å². The summed E-state index contributed by atoms with van der Waals surface area (Å²) in [5, 5.41) is 3.37. The van der Waals surface area contributed by atoms with Crippen molar-refractivity contribution >= 4 is 0 Å². The lowest BCUT2D eigenvalue weighted by atomic mass is 10.2. The molecule has 0 spiro atoms. The van der Waals surface area contributed by atoms with E-state index in [1.165, 1.54) is 18.4 Å². The molecule has 0 atom stereocenters. The van der Waals surface area contributed by atoms with Crippen molar-refractivity contribution in [3.63, 3.8) is 0 Å². The van der Waals surface area contributed by atoms with Gasteiger partial charge in [0.05, 0.1) is 6.61 Å². The van der Waals surface area contributed by atoms with Gasteiger partial charge in [0, 0.05) is 18.8 Å². The highest BCUT2D eigenvalue weighted by Gasteiger charge is 1.98. The Morgan fingerprint density at radius 1 is 1.24 bits per heavy atom. The zero-order valence-electron chi connectivity index (χ0n) is 11.0. The van der Waals surface area contributed by atoms with E-state index in [1.54, 1.807) is 0 Å². The van der Waals surface area contributed by atoms with Gasteiger partial charge in [-0.2, -0.15) is 0 Å². The fraction of sp³-hybridized carbons (Fsp3) is 0.643. The van der Waals surface area contributed by atoms with Gasteiger partial charge in [-0.25, -0.2) is 4.98 Å². The summed E-state index contributed by atoms with van der Waals surface area (Å²) in [5.41, 5.74) is 1.24. The molecule has 3 nitrogen and oxygen atoms in total. The summed E-state index contributed by atoms with van der Waals surface area (Å²) < 4.78 is 5.62. The predicted octanol–water partition coefficient (Wildman–Crippen LogP) is 3.15. The molecule has 17 heavy (non-hydrogen) atoms. The van der Waals surface area contributed by atoms with Crippen molar-refractivity contribution in [3.8, 4) is 5.88 Å². The Balaban J connectivity index is 2.31. The maximum atomic E-state index is 5.62. The van der Waals surface area contributed by atoms with E-state index in [1.807, 2.05) is 18.3 Å². The van der Waals surface area contributed by atoms with Gasteiger partial charge < -0.3 is 10.1 Å². The number of pyridine rings is 1. The van der Waals surface area contributed by atoms with E-state index in [0.29, 0.717) is 0 Å². The van der Waals surface area contributed by atoms with Crippen LogP contribution < -0.4 is 10.1 Å². The minimum atomic E-state index is 0.747. The van der Waals surface area contributed by atoms with Crippen LogP contribution in [0.3, 0.4) is 0 Å². The number of hydrogen-bond acceptors (Lipinski definition) is 3. The van der Waals surface area contributed by atoms with Gasteiger partial charge in [-0.1, -0.05) is 26.7 Å². The van der Waals surface area contributed by atoms with Crippen molar-refractivity contribution in [2.75, 3.05) is 13.2 Å². The highest BCUT2D eigenvalue weighted by Crippen LogP contribution is 2.10. The van der Waals surface area contributed by atoms with Gasteiger partial charge in [0.15, 0.2) is 0 Å². The molecule has 0 aliphatic rings. The molecule has 3 heteroatoms. The lowest BCUT2D eigenvalue weighted by Crippen LogP contribution is -2.13. The van der Waals surface area contributed by atoms with Crippen molar-refractivity contribution in [1.82, 2.24) is 10.3 Å². The van der Waals surface area contributed by atoms with E-state index in [2.05, 4.69) is 24.1 Å². The lowest BCUT2D eigenvalue weighted by molar-refractivity contribution is 0.294. The molecule has 0 fully saturated rings. The van der Waals surface area contributed by atoms with E-state index >= 15 is 0 Å². The molecule has 0 radical (unpaired) electrons. The van der Waals surface area contributed by atoms with E-state index in [9.17, 15) is 0 Å². The predicted molar refractivity (Wildman–Crippen MR) is 71.3 cm³/mol. The molecule has 1 aromatic heterocycles. The Kier molecular flexibility index (Phi) is 7.39. The summed E-state index contributed by atoms with van der Waals surface area (Å²) in [7, 11) is 0. The van der Waals surface area contributed by atoms with Crippen molar-refractivity contribution in [3.05, 3.63) is 23.9 Å². The monoisotopic (exact) mass is 236 g/mol. The standard InChI is InChI=1S/C14H24N2O/c1-3-5-6-10-17-14-11-13(7-9-16-14)12-15-8-4-2/h7,9,11,15H,3-6,8,10,12H2,1-2H3. The van der Waals surface area contributed by atoms with E-state index in [-0.39, 0.29) is 0 Å². The molecule has 0 saturated carbocycles. The van der Waals surface area contributed by atoms with Crippen molar-refractivity contribution in [2.45, 2.75) is 46.1 Å². The van der Waals surface area contributed by atoms with Gasteiger partial charge in [0.1, 0.15) is 0 Å². The largest absolute Gasteiger partial charge is 0.478 e. The molecule has 0 aromatic carbocycles. The lowest BCUT2D eigenvalue weighted by Gasteiger charge is -2.07. The van der Waals surface area contributed by atoms with Gasteiger partial charge in [0.2, 0.25) is 5.88 Å². The van der Waals surface area contributed by atoms with Crippen LogP contribution in [0.15, 0.2) is 18.3 Å².